The summed E-state index contributed by atoms with van der Waals surface area (Å²) in [6.07, 6.45) is 1.69. The van der Waals surface area contributed by atoms with Gasteiger partial charge in [0.1, 0.15) is 11.4 Å². The molecule has 1 aromatic heterocycles. The van der Waals surface area contributed by atoms with Crippen LogP contribution in [0.1, 0.15) is 16.8 Å². The molecule has 0 aliphatic carbocycles. The van der Waals surface area contributed by atoms with Gasteiger partial charge in [-0.2, -0.15) is 0 Å². The minimum Gasteiger partial charge on any atom is -0.505 e. The number of hydrogen-bond acceptors (Lipinski definition) is 3. The van der Waals surface area contributed by atoms with Crippen molar-refractivity contribution in [3.63, 3.8) is 0 Å². The van der Waals surface area contributed by atoms with Gasteiger partial charge in [-0.3, -0.25) is 4.99 Å². The molecule has 4 aromatic rings. The van der Waals surface area contributed by atoms with Crippen LogP contribution >= 0.6 is 0 Å². The van der Waals surface area contributed by atoms with Gasteiger partial charge in [0.15, 0.2) is 0 Å². The van der Waals surface area contributed by atoms with Crippen molar-refractivity contribution in [1.29, 1.82) is 0 Å². The van der Waals surface area contributed by atoms with Crippen molar-refractivity contribution in [2.45, 2.75) is 13.8 Å². The fourth-order valence-corrected chi connectivity index (χ4v) is 3.31. The first-order chi connectivity index (χ1) is 14.1. The molecule has 142 valence electrons. The number of rotatable bonds is 4. The molecular weight excluding hydrogens is 356 g/mol. The van der Waals surface area contributed by atoms with Gasteiger partial charge >= 0.3 is 0 Å². The largest absolute Gasteiger partial charge is 0.505 e. The summed E-state index contributed by atoms with van der Waals surface area (Å²) in [5.74, 6) is 0.167. The van der Waals surface area contributed by atoms with E-state index in [1.165, 1.54) is 11.1 Å². The maximum absolute atomic E-state index is 10.7. The van der Waals surface area contributed by atoms with Crippen molar-refractivity contribution in [3.05, 3.63) is 102 Å². The third kappa shape index (κ3) is 4.09. The number of aromatic nitrogens is 1. The molecule has 1 heterocycles. The van der Waals surface area contributed by atoms with Crippen molar-refractivity contribution in [2.24, 2.45) is 4.99 Å². The second-order valence-electron chi connectivity index (χ2n) is 7.06. The molecule has 0 spiro atoms. The van der Waals surface area contributed by atoms with Crippen LogP contribution in [0.4, 0.5) is 5.69 Å². The molecule has 3 heteroatoms. The van der Waals surface area contributed by atoms with Crippen LogP contribution in [-0.4, -0.2) is 16.3 Å². The first-order valence-electron chi connectivity index (χ1n) is 9.58. The summed E-state index contributed by atoms with van der Waals surface area (Å²) in [7, 11) is 0. The smallest absolute Gasteiger partial charge is 0.148 e. The van der Waals surface area contributed by atoms with Gasteiger partial charge in [-0.25, -0.2) is 4.98 Å². The standard InChI is InChI=1S/C26H22N2O/c1-18-14-15-19(2)23(16-18)24-12-6-10-21(28-24)17-27-25-13-7-11-22(26(25)29)20-8-4-3-5-9-20/h3-17,29H,1-2H3. The maximum Gasteiger partial charge on any atom is 0.148 e. The summed E-state index contributed by atoms with van der Waals surface area (Å²) in [6, 6.07) is 27.6. The molecule has 0 amide bonds. The molecule has 0 saturated carbocycles. The lowest BCUT2D eigenvalue weighted by Gasteiger charge is -2.08. The Morgan fingerprint density at radius 2 is 1.59 bits per heavy atom. The molecule has 0 radical (unpaired) electrons. The van der Waals surface area contributed by atoms with E-state index in [1.54, 1.807) is 12.3 Å². The van der Waals surface area contributed by atoms with Crippen LogP contribution in [-0.2, 0) is 0 Å². The molecule has 3 aromatic carbocycles. The molecule has 0 unspecified atom stereocenters. The van der Waals surface area contributed by atoms with Crippen molar-refractivity contribution in [2.75, 3.05) is 0 Å². The molecule has 0 atom stereocenters. The molecule has 0 aliphatic rings. The predicted molar refractivity (Wildman–Crippen MR) is 120 cm³/mol. The van der Waals surface area contributed by atoms with Crippen molar-refractivity contribution in [3.8, 4) is 28.1 Å². The number of aromatic hydroxyl groups is 1. The number of pyridine rings is 1. The van der Waals surface area contributed by atoms with E-state index in [9.17, 15) is 5.11 Å². The summed E-state index contributed by atoms with van der Waals surface area (Å²) < 4.78 is 0. The van der Waals surface area contributed by atoms with Crippen LogP contribution < -0.4 is 0 Å². The van der Waals surface area contributed by atoms with E-state index in [4.69, 9.17) is 4.98 Å². The molecule has 1 N–H and O–H groups in total. The first-order valence-corrected chi connectivity index (χ1v) is 9.58. The van der Waals surface area contributed by atoms with Gasteiger partial charge in [-0.15, -0.1) is 0 Å². The van der Waals surface area contributed by atoms with Gasteiger partial charge in [-0.1, -0.05) is 66.2 Å². The Labute approximate surface area is 171 Å². The lowest BCUT2D eigenvalue weighted by Crippen LogP contribution is -1.93. The molecule has 29 heavy (non-hydrogen) atoms. The monoisotopic (exact) mass is 378 g/mol. The second-order valence-corrected chi connectivity index (χ2v) is 7.06. The number of aliphatic imine (C=N–C) groups is 1. The third-order valence-corrected chi connectivity index (χ3v) is 4.88. The van der Waals surface area contributed by atoms with E-state index in [0.29, 0.717) is 5.69 Å². The summed E-state index contributed by atoms with van der Waals surface area (Å²) in [5, 5.41) is 10.7. The summed E-state index contributed by atoms with van der Waals surface area (Å²) in [5.41, 5.74) is 7.40. The topological polar surface area (TPSA) is 45.5 Å². The molecule has 0 bridgehead atoms. The molecule has 0 fully saturated rings. The highest BCUT2D eigenvalue weighted by molar-refractivity contribution is 5.84. The van der Waals surface area contributed by atoms with Crippen LogP contribution in [0.3, 0.4) is 0 Å². The number of benzene rings is 3. The third-order valence-electron chi connectivity index (χ3n) is 4.88. The van der Waals surface area contributed by atoms with E-state index in [0.717, 1.165) is 28.1 Å². The lowest BCUT2D eigenvalue weighted by molar-refractivity contribution is 0.479. The highest BCUT2D eigenvalue weighted by atomic mass is 16.3. The van der Waals surface area contributed by atoms with Gasteiger partial charge < -0.3 is 5.11 Å². The molecule has 4 rings (SSSR count). The highest BCUT2D eigenvalue weighted by Crippen LogP contribution is 2.36. The minimum atomic E-state index is 0.167. The Balaban J connectivity index is 1.66. The molecule has 3 nitrogen and oxygen atoms in total. The van der Waals surface area contributed by atoms with E-state index in [-0.39, 0.29) is 5.75 Å². The quantitative estimate of drug-likeness (QED) is 0.413. The second kappa shape index (κ2) is 8.11. The average molecular weight is 378 g/mol. The Morgan fingerprint density at radius 1 is 0.793 bits per heavy atom. The number of phenolic OH excluding ortho intramolecular Hbond substituents is 1. The fraction of sp³-hybridized carbons (Fsp3) is 0.0769. The zero-order valence-electron chi connectivity index (χ0n) is 16.5. The van der Waals surface area contributed by atoms with Crippen molar-refractivity contribution in [1.82, 2.24) is 4.98 Å². The lowest BCUT2D eigenvalue weighted by atomic mass is 10.0. The van der Waals surface area contributed by atoms with Gasteiger partial charge in [-0.05, 0) is 49.2 Å². The number of aryl methyl sites for hydroxylation is 2. The Bertz CT molecular complexity index is 1180. The Hall–Kier alpha value is -3.72. The van der Waals surface area contributed by atoms with Crippen LogP contribution in [0.5, 0.6) is 5.75 Å². The van der Waals surface area contributed by atoms with Gasteiger partial charge in [0.25, 0.3) is 0 Å². The summed E-state index contributed by atoms with van der Waals surface area (Å²) in [6.45, 7) is 4.17. The van der Waals surface area contributed by atoms with Crippen LogP contribution in [0.2, 0.25) is 0 Å². The number of nitrogens with zero attached hydrogens (tertiary/aromatic N) is 2. The molecule has 0 saturated heterocycles. The maximum atomic E-state index is 10.7. The number of phenols is 1. The van der Waals surface area contributed by atoms with Gasteiger partial charge in [0.2, 0.25) is 0 Å². The summed E-state index contributed by atoms with van der Waals surface area (Å²) in [4.78, 5) is 9.24. The van der Waals surface area contributed by atoms with Crippen molar-refractivity contribution >= 4 is 11.9 Å². The van der Waals surface area contributed by atoms with Crippen LogP contribution in [0, 0.1) is 13.8 Å². The SMILES string of the molecule is Cc1ccc(C)c(-c2cccc(C=Nc3cccc(-c4ccccc4)c3O)n2)c1. The van der Waals surface area contributed by atoms with E-state index in [2.05, 4.69) is 37.0 Å². The Morgan fingerprint density at radius 3 is 2.41 bits per heavy atom. The summed E-state index contributed by atoms with van der Waals surface area (Å²) >= 11 is 0. The predicted octanol–water partition coefficient (Wildman–Crippen LogP) is 6.49. The first kappa shape index (κ1) is 18.6. The van der Waals surface area contributed by atoms with E-state index >= 15 is 0 Å². The molecule has 0 aliphatic heterocycles. The Kier molecular flexibility index (Phi) is 5.21. The van der Waals surface area contributed by atoms with Crippen LogP contribution in [0.25, 0.3) is 22.4 Å². The molecular formula is C26H22N2O. The minimum absolute atomic E-state index is 0.167. The highest BCUT2D eigenvalue weighted by Gasteiger charge is 2.08. The van der Waals surface area contributed by atoms with Gasteiger partial charge in [0, 0.05) is 11.1 Å². The average Bonchev–Trinajstić information content (AvgIpc) is 2.75. The van der Waals surface area contributed by atoms with Crippen LogP contribution in [0.15, 0.2) is 89.9 Å². The van der Waals surface area contributed by atoms with E-state index in [1.807, 2.05) is 60.7 Å². The van der Waals surface area contributed by atoms with Crippen molar-refractivity contribution < 1.29 is 5.11 Å². The zero-order valence-corrected chi connectivity index (χ0v) is 16.5. The van der Waals surface area contributed by atoms with Gasteiger partial charge in [0.05, 0.1) is 17.6 Å². The normalized spacial score (nSPS) is 11.1. The number of para-hydroxylation sites is 1. The fourth-order valence-electron chi connectivity index (χ4n) is 3.31. The number of hydrogen-bond donors (Lipinski definition) is 1. The zero-order chi connectivity index (χ0) is 20.2. The van der Waals surface area contributed by atoms with E-state index < -0.39 is 0 Å².